The average Bonchev–Trinajstić information content (AvgIpc) is 2.39. The Bertz CT molecular complexity index is 603. The molecule has 2 rings (SSSR count). The van der Waals surface area contributed by atoms with Gasteiger partial charge in [-0.3, -0.25) is 0 Å². The topological polar surface area (TPSA) is 35.8 Å². The summed E-state index contributed by atoms with van der Waals surface area (Å²) in [5, 5.41) is 12.1. The normalized spacial score (nSPS) is 9.83. The second-order valence-corrected chi connectivity index (χ2v) is 5.46. The molecule has 0 amide bonds. The summed E-state index contributed by atoms with van der Waals surface area (Å²) < 4.78 is 1.98. The molecule has 4 heteroatoms. The first-order valence-electron chi connectivity index (χ1n) is 5.37. The van der Waals surface area contributed by atoms with E-state index < -0.39 is 0 Å². The fourth-order valence-corrected chi connectivity index (χ4v) is 2.50. The first kappa shape index (κ1) is 13.1. The summed E-state index contributed by atoms with van der Waals surface area (Å²) in [6.45, 7) is 0.728. The number of nitrogens with one attached hydrogen (secondary N) is 1. The Morgan fingerprint density at radius 2 is 1.83 bits per heavy atom. The van der Waals surface area contributed by atoms with Gasteiger partial charge in [0.05, 0.1) is 11.6 Å². The molecule has 0 atom stereocenters. The fourth-order valence-electron chi connectivity index (χ4n) is 1.56. The van der Waals surface area contributed by atoms with Gasteiger partial charge in [0.1, 0.15) is 0 Å². The molecular formula is C14H10Br2N2. The highest BCUT2D eigenvalue weighted by molar-refractivity contribution is 9.10. The summed E-state index contributed by atoms with van der Waals surface area (Å²) in [5.74, 6) is 0. The van der Waals surface area contributed by atoms with Crippen LogP contribution < -0.4 is 5.32 Å². The maximum atomic E-state index is 8.80. The van der Waals surface area contributed by atoms with Gasteiger partial charge in [0.25, 0.3) is 0 Å². The minimum absolute atomic E-state index is 0.647. The van der Waals surface area contributed by atoms with Crippen molar-refractivity contribution in [3.05, 3.63) is 62.5 Å². The van der Waals surface area contributed by atoms with Gasteiger partial charge in [-0.1, -0.05) is 34.1 Å². The van der Waals surface area contributed by atoms with Crippen LogP contribution >= 0.6 is 31.9 Å². The Morgan fingerprint density at radius 1 is 1.06 bits per heavy atom. The van der Waals surface area contributed by atoms with E-state index in [4.69, 9.17) is 5.26 Å². The Kier molecular flexibility index (Phi) is 4.40. The van der Waals surface area contributed by atoms with Crippen molar-refractivity contribution in [3.8, 4) is 6.07 Å². The molecule has 0 saturated carbocycles. The standard InChI is InChI=1S/C14H10Br2N2/c15-12-4-2-1-3-11(12)9-18-14-6-5-10(8-17)7-13(14)16/h1-7,18H,9H2. The third-order valence-corrected chi connectivity index (χ3v) is 3.96. The molecule has 0 saturated heterocycles. The van der Waals surface area contributed by atoms with Crippen molar-refractivity contribution in [2.75, 3.05) is 5.32 Å². The third-order valence-electron chi connectivity index (χ3n) is 2.53. The lowest BCUT2D eigenvalue weighted by Gasteiger charge is -2.10. The summed E-state index contributed by atoms with van der Waals surface area (Å²) in [7, 11) is 0. The van der Waals surface area contributed by atoms with Crippen molar-refractivity contribution in [1.29, 1.82) is 5.26 Å². The van der Waals surface area contributed by atoms with Crippen LogP contribution in [0.2, 0.25) is 0 Å². The van der Waals surface area contributed by atoms with Crippen LogP contribution in [0.15, 0.2) is 51.4 Å². The Balaban J connectivity index is 2.12. The lowest BCUT2D eigenvalue weighted by atomic mass is 10.2. The number of anilines is 1. The maximum Gasteiger partial charge on any atom is 0.0992 e. The molecule has 2 aromatic rings. The minimum Gasteiger partial charge on any atom is -0.380 e. The number of rotatable bonds is 3. The molecule has 0 bridgehead atoms. The summed E-state index contributed by atoms with van der Waals surface area (Å²) in [4.78, 5) is 0. The number of halogens is 2. The second-order valence-electron chi connectivity index (χ2n) is 3.75. The van der Waals surface area contributed by atoms with Crippen molar-refractivity contribution >= 4 is 37.5 Å². The Labute approximate surface area is 123 Å². The molecule has 0 heterocycles. The molecule has 0 fully saturated rings. The lowest BCUT2D eigenvalue weighted by molar-refractivity contribution is 1.13. The van der Waals surface area contributed by atoms with Crippen LogP contribution in [0.4, 0.5) is 5.69 Å². The summed E-state index contributed by atoms with van der Waals surface area (Å²) in [6.07, 6.45) is 0. The Morgan fingerprint density at radius 3 is 2.50 bits per heavy atom. The highest BCUT2D eigenvalue weighted by atomic mass is 79.9. The van der Waals surface area contributed by atoms with Gasteiger partial charge in [-0.05, 0) is 45.8 Å². The first-order chi connectivity index (χ1) is 8.70. The van der Waals surface area contributed by atoms with E-state index in [2.05, 4.69) is 49.3 Å². The van der Waals surface area contributed by atoms with Gasteiger partial charge in [0.2, 0.25) is 0 Å². The van der Waals surface area contributed by atoms with Gasteiger partial charge in [-0.2, -0.15) is 5.26 Å². The van der Waals surface area contributed by atoms with Gasteiger partial charge in [0, 0.05) is 21.2 Å². The fraction of sp³-hybridized carbons (Fsp3) is 0.0714. The first-order valence-corrected chi connectivity index (χ1v) is 6.96. The predicted molar refractivity (Wildman–Crippen MR) is 80.3 cm³/mol. The smallest absolute Gasteiger partial charge is 0.0992 e. The molecule has 0 aliphatic heterocycles. The zero-order valence-electron chi connectivity index (χ0n) is 9.45. The van der Waals surface area contributed by atoms with Crippen LogP contribution in [-0.4, -0.2) is 0 Å². The van der Waals surface area contributed by atoms with Gasteiger partial charge in [-0.25, -0.2) is 0 Å². The number of nitrogens with zero attached hydrogens (tertiary/aromatic N) is 1. The van der Waals surface area contributed by atoms with Crippen molar-refractivity contribution < 1.29 is 0 Å². The van der Waals surface area contributed by atoms with Crippen molar-refractivity contribution in [1.82, 2.24) is 0 Å². The van der Waals surface area contributed by atoms with E-state index in [0.717, 1.165) is 21.2 Å². The van der Waals surface area contributed by atoms with Crippen LogP contribution in [0.5, 0.6) is 0 Å². The summed E-state index contributed by atoms with van der Waals surface area (Å²) >= 11 is 6.97. The molecule has 1 N–H and O–H groups in total. The maximum absolute atomic E-state index is 8.80. The molecule has 18 heavy (non-hydrogen) atoms. The zero-order chi connectivity index (χ0) is 13.0. The second kappa shape index (κ2) is 6.03. The molecule has 0 aromatic heterocycles. The largest absolute Gasteiger partial charge is 0.380 e. The lowest BCUT2D eigenvalue weighted by Crippen LogP contribution is -2.00. The van der Waals surface area contributed by atoms with Gasteiger partial charge < -0.3 is 5.32 Å². The SMILES string of the molecule is N#Cc1ccc(NCc2ccccc2Br)c(Br)c1. The molecule has 0 aliphatic carbocycles. The van der Waals surface area contributed by atoms with E-state index in [1.54, 1.807) is 6.07 Å². The van der Waals surface area contributed by atoms with Crippen molar-refractivity contribution in [2.24, 2.45) is 0 Å². The minimum atomic E-state index is 0.647. The van der Waals surface area contributed by atoms with Crippen LogP contribution in [-0.2, 0) is 6.54 Å². The number of hydrogen-bond donors (Lipinski definition) is 1. The Hall–Kier alpha value is -1.31. The third kappa shape index (κ3) is 3.12. The number of benzene rings is 2. The molecule has 2 nitrogen and oxygen atoms in total. The molecule has 0 unspecified atom stereocenters. The zero-order valence-corrected chi connectivity index (χ0v) is 12.6. The molecule has 0 aliphatic rings. The summed E-state index contributed by atoms with van der Waals surface area (Å²) in [6, 6.07) is 15.7. The van der Waals surface area contributed by atoms with Gasteiger partial charge in [-0.15, -0.1) is 0 Å². The highest BCUT2D eigenvalue weighted by Gasteiger charge is 2.02. The van der Waals surface area contributed by atoms with Crippen LogP contribution in [0.3, 0.4) is 0 Å². The predicted octanol–water partition coefficient (Wildman–Crippen LogP) is 4.70. The van der Waals surface area contributed by atoms with E-state index >= 15 is 0 Å². The van der Waals surface area contributed by atoms with Crippen LogP contribution in [0, 0.1) is 11.3 Å². The van der Waals surface area contributed by atoms with Crippen LogP contribution in [0.25, 0.3) is 0 Å². The molecule has 2 aromatic carbocycles. The van der Waals surface area contributed by atoms with Gasteiger partial charge in [0.15, 0.2) is 0 Å². The van der Waals surface area contributed by atoms with E-state index in [0.29, 0.717) is 5.56 Å². The van der Waals surface area contributed by atoms with Crippen LogP contribution in [0.1, 0.15) is 11.1 Å². The van der Waals surface area contributed by atoms with Crippen molar-refractivity contribution in [3.63, 3.8) is 0 Å². The molecule has 90 valence electrons. The van der Waals surface area contributed by atoms with Crippen molar-refractivity contribution in [2.45, 2.75) is 6.54 Å². The average molecular weight is 366 g/mol. The molecule has 0 radical (unpaired) electrons. The van der Waals surface area contributed by atoms with E-state index in [1.165, 1.54) is 5.56 Å². The highest BCUT2D eigenvalue weighted by Crippen LogP contribution is 2.25. The molecular weight excluding hydrogens is 356 g/mol. The number of nitriles is 1. The van der Waals surface area contributed by atoms with Gasteiger partial charge >= 0.3 is 0 Å². The monoisotopic (exact) mass is 364 g/mol. The van der Waals surface area contributed by atoms with E-state index in [1.807, 2.05) is 30.3 Å². The van der Waals surface area contributed by atoms with E-state index in [-0.39, 0.29) is 0 Å². The summed E-state index contributed by atoms with van der Waals surface area (Å²) in [5.41, 5.74) is 2.81. The quantitative estimate of drug-likeness (QED) is 0.855. The number of hydrogen-bond acceptors (Lipinski definition) is 2. The van der Waals surface area contributed by atoms with E-state index in [9.17, 15) is 0 Å². The molecule has 0 spiro atoms.